The maximum Gasteiger partial charge on any atom is 0.125 e. The lowest BCUT2D eigenvalue weighted by Gasteiger charge is -2.40. The second kappa shape index (κ2) is 10.5. The van der Waals surface area contributed by atoms with Crippen LogP contribution in [-0.2, 0) is 11.2 Å². The van der Waals surface area contributed by atoms with Crippen LogP contribution in [0.25, 0.3) is 10.1 Å². The van der Waals surface area contributed by atoms with Gasteiger partial charge in [0.1, 0.15) is 49.0 Å². The van der Waals surface area contributed by atoms with Crippen LogP contribution in [0, 0.1) is 0 Å². The van der Waals surface area contributed by atoms with E-state index in [9.17, 15) is 25.5 Å². The summed E-state index contributed by atoms with van der Waals surface area (Å²) < 4.78 is 12.6. The zero-order chi connectivity index (χ0) is 23.5. The van der Waals surface area contributed by atoms with Gasteiger partial charge in [-0.25, -0.2) is 0 Å². The molecule has 6 atom stereocenters. The quantitative estimate of drug-likeness (QED) is 0.280. The molecule has 2 heterocycles. The third-order valence-electron chi connectivity index (χ3n) is 5.77. The van der Waals surface area contributed by atoms with Crippen LogP contribution in [0.5, 0.6) is 5.75 Å². The van der Waals surface area contributed by atoms with Crippen LogP contribution in [0.4, 0.5) is 0 Å². The number of aliphatic hydroxyl groups excluding tert-OH is 6. The van der Waals surface area contributed by atoms with Gasteiger partial charge in [-0.1, -0.05) is 24.3 Å². The van der Waals surface area contributed by atoms with Crippen LogP contribution in [0.3, 0.4) is 0 Å². The van der Waals surface area contributed by atoms with E-state index in [1.807, 2.05) is 18.2 Å². The SMILES string of the molecule is OCC1O[C@@H](c2cc(Cc3cc4ccccc4s3)ccc2OC[C@@H](O)CO)[C@H](O)[C@@H](O)[C@@H]1O. The van der Waals surface area contributed by atoms with Crippen molar-refractivity contribution >= 4 is 21.4 Å². The van der Waals surface area contributed by atoms with Crippen molar-refractivity contribution in [2.75, 3.05) is 19.8 Å². The first-order valence-electron chi connectivity index (χ1n) is 10.7. The van der Waals surface area contributed by atoms with Crippen molar-refractivity contribution in [1.29, 1.82) is 0 Å². The Morgan fingerprint density at radius 1 is 0.970 bits per heavy atom. The van der Waals surface area contributed by atoms with Gasteiger partial charge >= 0.3 is 0 Å². The third kappa shape index (κ3) is 5.21. The molecule has 0 radical (unpaired) electrons. The molecule has 3 aromatic rings. The molecule has 1 fully saturated rings. The predicted octanol–water partition coefficient (Wildman–Crippen LogP) is 0.739. The average molecular weight is 477 g/mol. The van der Waals surface area contributed by atoms with Gasteiger partial charge in [0.05, 0.1) is 13.2 Å². The van der Waals surface area contributed by atoms with Crippen molar-refractivity contribution in [1.82, 2.24) is 0 Å². The van der Waals surface area contributed by atoms with E-state index in [4.69, 9.17) is 14.6 Å². The van der Waals surface area contributed by atoms with Crippen molar-refractivity contribution < 1.29 is 40.1 Å². The molecule has 9 heteroatoms. The molecule has 2 aromatic carbocycles. The van der Waals surface area contributed by atoms with E-state index < -0.39 is 49.8 Å². The Kier molecular flexibility index (Phi) is 7.62. The summed E-state index contributed by atoms with van der Waals surface area (Å²) in [6, 6.07) is 15.6. The molecule has 0 bridgehead atoms. The second-order valence-corrected chi connectivity index (χ2v) is 9.36. The highest BCUT2D eigenvalue weighted by Crippen LogP contribution is 2.38. The van der Waals surface area contributed by atoms with Crippen LogP contribution in [0.15, 0.2) is 48.5 Å². The highest BCUT2D eigenvalue weighted by Gasteiger charge is 2.44. The van der Waals surface area contributed by atoms with E-state index in [0.717, 1.165) is 15.8 Å². The fourth-order valence-corrected chi connectivity index (χ4v) is 5.08. The van der Waals surface area contributed by atoms with Gasteiger partial charge in [0.15, 0.2) is 0 Å². The van der Waals surface area contributed by atoms with Crippen LogP contribution in [-0.4, -0.2) is 81.0 Å². The standard InChI is InChI=1S/C24H28O8S/c25-10-15(27)12-31-18-6-5-13(7-16-9-14-3-1-2-4-20(14)33-16)8-17(18)24-23(30)22(29)21(28)19(11-26)32-24/h1-6,8-9,15,19,21-30H,7,10-12H2/t15-,19?,21+,22-,23+,24-/m0/s1. The normalized spacial score (nSPS) is 26.4. The van der Waals surface area contributed by atoms with Crippen LogP contribution in [0.1, 0.15) is 22.1 Å². The molecule has 4 rings (SSSR count). The Balaban J connectivity index is 1.66. The highest BCUT2D eigenvalue weighted by atomic mass is 32.1. The number of fused-ring (bicyclic) bond motifs is 1. The van der Waals surface area contributed by atoms with Crippen molar-refractivity contribution in [3.05, 3.63) is 64.5 Å². The summed E-state index contributed by atoms with van der Waals surface area (Å²) in [6.45, 7) is -1.20. The Hall–Kier alpha value is -2.08. The van der Waals surface area contributed by atoms with E-state index in [-0.39, 0.29) is 6.61 Å². The lowest BCUT2D eigenvalue weighted by atomic mass is 9.90. The Morgan fingerprint density at radius 3 is 2.48 bits per heavy atom. The van der Waals surface area contributed by atoms with Crippen LogP contribution in [0.2, 0.25) is 0 Å². The first-order chi connectivity index (χ1) is 15.9. The molecule has 1 saturated heterocycles. The molecule has 1 unspecified atom stereocenters. The Labute approximate surface area is 194 Å². The topological polar surface area (TPSA) is 140 Å². The van der Waals surface area contributed by atoms with Gasteiger partial charge in [0, 0.05) is 21.6 Å². The van der Waals surface area contributed by atoms with Crippen molar-refractivity contribution in [2.45, 2.75) is 43.0 Å². The van der Waals surface area contributed by atoms with Gasteiger partial charge in [-0.3, -0.25) is 0 Å². The zero-order valence-electron chi connectivity index (χ0n) is 17.8. The van der Waals surface area contributed by atoms with Gasteiger partial charge in [0.2, 0.25) is 0 Å². The molecular formula is C24H28O8S. The van der Waals surface area contributed by atoms with Crippen molar-refractivity contribution in [3.63, 3.8) is 0 Å². The fourth-order valence-electron chi connectivity index (χ4n) is 3.98. The van der Waals surface area contributed by atoms with Crippen LogP contribution < -0.4 is 4.74 Å². The number of benzene rings is 2. The van der Waals surface area contributed by atoms with Gasteiger partial charge in [-0.2, -0.15) is 0 Å². The van der Waals surface area contributed by atoms with Crippen molar-refractivity contribution in [2.24, 2.45) is 0 Å². The molecule has 0 saturated carbocycles. The van der Waals surface area contributed by atoms with Crippen molar-refractivity contribution in [3.8, 4) is 5.75 Å². The summed E-state index contributed by atoms with van der Waals surface area (Å²) in [5, 5.41) is 60.5. The summed E-state index contributed by atoms with van der Waals surface area (Å²) in [5.41, 5.74) is 1.32. The second-order valence-electron chi connectivity index (χ2n) is 8.20. The van der Waals surface area contributed by atoms with Gasteiger partial charge in [0.25, 0.3) is 0 Å². The third-order valence-corrected chi connectivity index (χ3v) is 6.89. The largest absolute Gasteiger partial charge is 0.490 e. The molecule has 0 spiro atoms. The maximum atomic E-state index is 10.6. The molecule has 0 amide bonds. The van der Waals surface area contributed by atoms with E-state index in [1.54, 1.807) is 23.5 Å². The van der Waals surface area contributed by atoms with E-state index >= 15 is 0 Å². The number of ether oxygens (including phenoxy) is 2. The molecule has 1 aromatic heterocycles. The Morgan fingerprint density at radius 2 is 1.76 bits per heavy atom. The van der Waals surface area contributed by atoms with E-state index in [1.165, 1.54) is 4.70 Å². The molecule has 1 aliphatic rings. The van der Waals surface area contributed by atoms with Gasteiger partial charge < -0.3 is 40.1 Å². The predicted molar refractivity (Wildman–Crippen MR) is 122 cm³/mol. The van der Waals surface area contributed by atoms with E-state index in [2.05, 4.69) is 18.2 Å². The van der Waals surface area contributed by atoms with Gasteiger partial charge in [-0.05, 0) is 35.2 Å². The summed E-state index contributed by atoms with van der Waals surface area (Å²) in [4.78, 5) is 1.14. The molecule has 0 aliphatic carbocycles. The summed E-state index contributed by atoms with van der Waals surface area (Å²) in [6.07, 6.45) is -7.08. The number of aliphatic hydroxyl groups is 6. The van der Waals surface area contributed by atoms with Crippen LogP contribution >= 0.6 is 11.3 Å². The summed E-state index contributed by atoms with van der Waals surface area (Å²) >= 11 is 1.68. The molecule has 178 valence electrons. The maximum absolute atomic E-state index is 10.6. The smallest absolute Gasteiger partial charge is 0.125 e. The zero-order valence-corrected chi connectivity index (χ0v) is 18.6. The monoisotopic (exact) mass is 476 g/mol. The number of hydrogen-bond acceptors (Lipinski definition) is 9. The van der Waals surface area contributed by atoms with E-state index in [0.29, 0.717) is 17.7 Å². The van der Waals surface area contributed by atoms with Gasteiger partial charge in [-0.15, -0.1) is 11.3 Å². The lowest BCUT2D eigenvalue weighted by Crippen LogP contribution is -2.55. The minimum atomic E-state index is -1.52. The molecule has 8 nitrogen and oxygen atoms in total. The number of rotatable bonds is 8. The number of hydrogen-bond donors (Lipinski definition) is 6. The average Bonchev–Trinajstić information content (AvgIpc) is 3.24. The minimum absolute atomic E-state index is 0.184. The molecular weight excluding hydrogens is 448 g/mol. The summed E-state index contributed by atoms with van der Waals surface area (Å²) in [7, 11) is 0. The molecule has 33 heavy (non-hydrogen) atoms. The molecule has 6 N–H and O–H groups in total. The molecule has 1 aliphatic heterocycles. The minimum Gasteiger partial charge on any atom is -0.490 e. The fraction of sp³-hybridized carbons (Fsp3) is 0.417. The first kappa shape index (κ1) is 24.1. The number of thiophene rings is 1. The Bertz CT molecular complexity index is 1030. The first-order valence-corrected chi connectivity index (χ1v) is 11.6. The highest BCUT2D eigenvalue weighted by molar-refractivity contribution is 7.19. The lowest BCUT2D eigenvalue weighted by molar-refractivity contribution is -0.232. The summed E-state index contributed by atoms with van der Waals surface area (Å²) in [5.74, 6) is 0.298.